The second-order valence-electron chi connectivity index (χ2n) is 5.25. The summed E-state index contributed by atoms with van der Waals surface area (Å²) in [5.41, 5.74) is 1.50. The van der Waals surface area contributed by atoms with Crippen molar-refractivity contribution in [2.24, 2.45) is 0 Å². The monoisotopic (exact) mass is 352 g/mol. The number of imide groups is 1. The Hall–Kier alpha value is -3.10. The van der Waals surface area contributed by atoms with Crippen LogP contribution in [0.5, 0.6) is 5.75 Å². The summed E-state index contributed by atoms with van der Waals surface area (Å²) in [5.74, 6) is -0.409. The highest BCUT2D eigenvalue weighted by Gasteiger charge is 2.39. The summed E-state index contributed by atoms with van der Waals surface area (Å²) in [5, 5.41) is 8.73. The van der Waals surface area contributed by atoms with Crippen molar-refractivity contribution in [3.63, 3.8) is 0 Å². The summed E-state index contributed by atoms with van der Waals surface area (Å²) < 4.78 is 5.37. The Balaban J connectivity index is 1.94. The molecule has 0 N–H and O–H groups in total. The van der Waals surface area contributed by atoms with Gasteiger partial charge in [0.05, 0.1) is 29.5 Å². The van der Waals surface area contributed by atoms with Gasteiger partial charge in [-0.1, -0.05) is 23.7 Å². The molecule has 0 bridgehead atoms. The molecule has 2 aromatic rings. The first-order valence-corrected chi connectivity index (χ1v) is 7.96. The van der Waals surface area contributed by atoms with Gasteiger partial charge in [-0.2, -0.15) is 5.26 Å². The lowest BCUT2D eigenvalue weighted by molar-refractivity contribution is -0.119. The van der Waals surface area contributed by atoms with E-state index in [-0.39, 0.29) is 10.6 Å². The average molecular weight is 353 g/mol. The third-order valence-corrected chi connectivity index (χ3v) is 4.09. The second kappa shape index (κ2) is 6.80. The van der Waals surface area contributed by atoms with Crippen LogP contribution in [-0.2, 0) is 9.59 Å². The fourth-order valence-electron chi connectivity index (χ4n) is 2.56. The van der Waals surface area contributed by atoms with Gasteiger partial charge in [-0.25, -0.2) is 4.90 Å². The van der Waals surface area contributed by atoms with E-state index in [0.29, 0.717) is 29.2 Å². The summed E-state index contributed by atoms with van der Waals surface area (Å²) in [6, 6.07) is 15.0. The lowest BCUT2D eigenvalue weighted by Crippen LogP contribution is -2.31. The van der Waals surface area contributed by atoms with E-state index in [9.17, 15) is 9.59 Å². The smallest absolute Gasteiger partial charge is 0.277 e. The van der Waals surface area contributed by atoms with Gasteiger partial charge in [0.15, 0.2) is 0 Å². The van der Waals surface area contributed by atoms with Gasteiger partial charge in [-0.05, 0) is 48.9 Å². The quantitative estimate of drug-likeness (QED) is 0.790. The number of rotatable bonds is 4. The fraction of sp³-hybridized carbons (Fsp3) is 0.105. The second-order valence-corrected chi connectivity index (χ2v) is 5.63. The van der Waals surface area contributed by atoms with Gasteiger partial charge in [0.25, 0.3) is 11.8 Å². The highest BCUT2D eigenvalue weighted by atomic mass is 35.5. The van der Waals surface area contributed by atoms with Crippen LogP contribution in [-0.4, -0.2) is 18.4 Å². The fourth-order valence-corrected chi connectivity index (χ4v) is 2.83. The molecular weight excluding hydrogens is 340 g/mol. The SMILES string of the molecule is CCOc1ccc(C2=C(Cl)C(=O)N(c3ccc(C#N)cc3)C2=O)cc1. The Bertz CT molecular complexity index is 909. The van der Waals surface area contributed by atoms with E-state index in [1.165, 1.54) is 0 Å². The third-order valence-electron chi connectivity index (χ3n) is 3.74. The minimum Gasteiger partial charge on any atom is -0.494 e. The molecule has 1 aliphatic heterocycles. The van der Waals surface area contributed by atoms with Crippen molar-refractivity contribution in [2.75, 3.05) is 11.5 Å². The normalized spacial score (nSPS) is 14.0. The van der Waals surface area contributed by atoms with Gasteiger partial charge >= 0.3 is 0 Å². The average Bonchev–Trinajstić information content (AvgIpc) is 2.85. The molecular formula is C19H13ClN2O3. The standard InChI is InChI=1S/C19H13ClN2O3/c1-2-25-15-9-5-13(6-10-15)16-17(20)19(24)22(18(16)23)14-7-3-12(11-21)4-8-14/h3-10H,2H2,1H3. The number of nitrogens with zero attached hydrogens (tertiary/aromatic N) is 2. The van der Waals surface area contributed by atoms with Crippen LogP contribution in [0.2, 0.25) is 0 Å². The van der Waals surface area contributed by atoms with Crippen molar-refractivity contribution in [3.05, 3.63) is 64.7 Å². The van der Waals surface area contributed by atoms with Crippen molar-refractivity contribution in [2.45, 2.75) is 6.92 Å². The van der Waals surface area contributed by atoms with Crippen molar-refractivity contribution >= 4 is 34.7 Å². The predicted octanol–water partition coefficient (Wildman–Crippen LogP) is 3.48. The van der Waals surface area contributed by atoms with E-state index in [4.69, 9.17) is 21.6 Å². The Morgan fingerprint density at radius 2 is 1.68 bits per heavy atom. The first-order chi connectivity index (χ1) is 12.1. The number of nitriles is 1. The van der Waals surface area contributed by atoms with Crippen LogP contribution < -0.4 is 9.64 Å². The van der Waals surface area contributed by atoms with E-state index >= 15 is 0 Å². The van der Waals surface area contributed by atoms with Crippen molar-refractivity contribution < 1.29 is 14.3 Å². The predicted molar refractivity (Wildman–Crippen MR) is 94.0 cm³/mol. The molecule has 0 fully saturated rings. The molecule has 5 nitrogen and oxygen atoms in total. The topological polar surface area (TPSA) is 70.4 Å². The highest BCUT2D eigenvalue weighted by Crippen LogP contribution is 2.35. The summed E-state index contributed by atoms with van der Waals surface area (Å²) in [4.78, 5) is 26.2. The Morgan fingerprint density at radius 3 is 2.24 bits per heavy atom. The van der Waals surface area contributed by atoms with Crippen LogP contribution in [0, 0.1) is 11.3 Å². The van der Waals surface area contributed by atoms with Gasteiger partial charge in [0, 0.05) is 0 Å². The maximum atomic E-state index is 12.8. The van der Waals surface area contributed by atoms with Crippen LogP contribution in [0.25, 0.3) is 5.57 Å². The summed E-state index contributed by atoms with van der Waals surface area (Å²) >= 11 is 6.15. The van der Waals surface area contributed by atoms with E-state index < -0.39 is 11.8 Å². The zero-order valence-corrected chi connectivity index (χ0v) is 14.1. The molecule has 6 heteroatoms. The van der Waals surface area contributed by atoms with Crippen LogP contribution in [0.3, 0.4) is 0 Å². The maximum absolute atomic E-state index is 12.8. The number of halogens is 1. The molecule has 0 aromatic heterocycles. The van der Waals surface area contributed by atoms with Gasteiger partial charge < -0.3 is 4.74 Å². The van der Waals surface area contributed by atoms with Crippen molar-refractivity contribution in [1.29, 1.82) is 5.26 Å². The zero-order chi connectivity index (χ0) is 18.0. The molecule has 0 aliphatic carbocycles. The van der Waals surface area contributed by atoms with Gasteiger partial charge in [-0.15, -0.1) is 0 Å². The Morgan fingerprint density at radius 1 is 1.04 bits per heavy atom. The molecule has 0 saturated heterocycles. The van der Waals surface area contributed by atoms with E-state index in [0.717, 1.165) is 4.90 Å². The minimum atomic E-state index is -0.583. The number of benzene rings is 2. The highest BCUT2D eigenvalue weighted by molar-refractivity contribution is 6.60. The number of carbonyl (C=O) groups is 2. The molecule has 2 aromatic carbocycles. The van der Waals surface area contributed by atoms with Gasteiger partial charge in [0.1, 0.15) is 10.8 Å². The molecule has 25 heavy (non-hydrogen) atoms. The van der Waals surface area contributed by atoms with Crippen molar-refractivity contribution in [3.8, 4) is 11.8 Å². The van der Waals surface area contributed by atoms with Crippen LogP contribution in [0.4, 0.5) is 5.69 Å². The number of carbonyl (C=O) groups excluding carboxylic acids is 2. The zero-order valence-electron chi connectivity index (χ0n) is 13.3. The molecule has 2 amide bonds. The lowest BCUT2D eigenvalue weighted by Gasteiger charge is -2.14. The summed E-state index contributed by atoms with van der Waals surface area (Å²) in [6.45, 7) is 2.41. The molecule has 1 aliphatic rings. The molecule has 124 valence electrons. The number of hydrogen-bond donors (Lipinski definition) is 0. The molecule has 3 rings (SSSR count). The van der Waals surface area contributed by atoms with E-state index in [2.05, 4.69) is 0 Å². The molecule has 0 atom stereocenters. The minimum absolute atomic E-state index is 0.126. The molecule has 0 spiro atoms. The van der Waals surface area contributed by atoms with Gasteiger partial charge in [-0.3, -0.25) is 9.59 Å². The molecule has 0 radical (unpaired) electrons. The lowest BCUT2D eigenvalue weighted by atomic mass is 10.1. The molecule has 0 saturated carbocycles. The summed E-state index contributed by atoms with van der Waals surface area (Å²) in [7, 11) is 0. The number of anilines is 1. The van der Waals surface area contributed by atoms with Crippen molar-refractivity contribution in [1.82, 2.24) is 0 Å². The van der Waals surface area contributed by atoms with Crippen LogP contribution in [0.15, 0.2) is 53.6 Å². The van der Waals surface area contributed by atoms with E-state index in [1.54, 1.807) is 48.5 Å². The first-order valence-electron chi connectivity index (χ1n) is 7.58. The van der Waals surface area contributed by atoms with Crippen LogP contribution >= 0.6 is 11.6 Å². The number of ether oxygens (including phenoxy) is 1. The Kier molecular flexibility index (Phi) is 4.55. The van der Waals surface area contributed by atoms with Crippen LogP contribution in [0.1, 0.15) is 18.1 Å². The number of hydrogen-bond acceptors (Lipinski definition) is 4. The van der Waals surface area contributed by atoms with E-state index in [1.807, 2.05) is 13.0 Å². The van der Waals surface area contributed by atoms with Gasteiger partial charge in [0.2, 0.25) is 0 Å². The summed E-state index contributed by atoms with van der Waals surface area (Å²) in [6.07, 6.45) is 0. The molecule has 1 heterocycles. The maximum Gasteiger partial charge on any atom is 0.277 e. The first kappa shape index (κ1) is 16.7. The number of amides is 2. The third kappa shape index (κ3) is 3.00. The Labute approximate surface area is 149 Å². The largest absolute Gasteiger partial charge is 0.494 e. The molecule has 0 unspecified atom stereocenters.